The van der Waals surface area contributed by atoms with Crippen LogP contribution in [0.2, 0.25) is 0 Å². The van der Waals surface area contributed by atoms with Crippen molar-refractivity contribution in [3.63, 3.8) is 0 Å². The van der Waals surface area contributed by atoms with Crippen LogP contribution in [0.3, 0.4) is 0 Å². The summed E-state index contributed by atoms with van der Waals surface area (Å²) in [7, 11) is 0. The van der Waals surface area contributed by atoms with E-state index in [2.05, 4.69) is 5.10 Å². The summed E-state index contributed by atoms with van der Waals surface area (Å²) in [6.45, 7) is 4.15. The molecule has 1 aliphatic rings. The van der Waals surface area contributed by atoms with E-state index in [-0.39, 0.29) is 11.8 Å². The van der Waals surface area contributed by atoms with Crippen molar-refractivity contribution in [1.29, 1.82) is 0 Å². The topological polar surface area (TPSA) is 58.4 Å². The van der Waals surface area contributed by atoms with Crippen LogP contribution >= 0.6 is 0 Å². The highest BCUT2D eigenvalue weighted by Gasteiger charge is 2.28. The number of benzene rings is 2. The Labute approximate surface area is 170 Å². The lowest BCUT2D eigenvalue weighted by Crippen LogP contribution is -2.50. The number of carbonyl (C=O) groups excluding carboxylic acids is 2. The molecule has 0 N–H and O–H groups in total. The molecule has 0 saturated carbocycles. The molecule has 6 nitrogen and oxygen atoms in total. The number of piperazine rings is 1. The van der Waals surface area contributed by atoms with Crippen molar-refractivity contribution in [3.05, 3.63) is 83.7 Å². The van der Waals surface area contributed by atoms with E-state index in [0.717, 1.165) is 11.4 Å². The highest BCUT2D eigenvalue weighted by atomic mass is 16.2. The van der Waals surface area contributed by atoms with E-state index in [9.17, 15) is 9.59 Å². The van der Waals surface area contributed by atoms with Gasteiger partial charge in [-0.1, -0.05) is 43.3 Å². The third-order valence-electron chi connectivity index (χ3n) is 5.31. The molecule has 3 aromatic rings. The molecule has 0 atom stereocenters. The summed E-state index contributed by atoms with van der Waals surface area (Å²) in [5.74, 6) is -0.000292. The molecule has 0 spiro atoms. The molecule has 1 aliphatic heterocycles. The average Bonchev–Trinajstić information content (AvgIpc) is 3.23. The lowest BCUT2D eigenvalue weighted by atomic mass is 10.1. The standard InChI is InChI=1S/C23H24N4O2/c1-2-21-20(17-24-27(21)19-11-7-4-8-12-19)23(29)26-15-13-25(14-16-26)22(28)18-9-5-3-6-10-18/h3-12,17H,2,13-16H2,1H3. The van der Waals surface area contributed by atoms with Crippen LogP contribution in [0.25, 0.3) is 5.69 Å². The van der Waals surface area contributed by atoms with E-state index in [1.165, 1.54) is 0 Å². The van der Waals surface area contributed by atoms with E-state index in [1.54, 1.807) is 6.20 Å². The fourth-order valence-corrected chi connectivity index (χ4v) is 3.73. The molecule has 1 saturated heterocycles. The zero-order valence-corrected chi connectivity index (χ0v) is 16.5. The van der Waals surface area contributed by atoms with Crippen LogP contribution in [0.5, 0.6) is 0 Å². The van der Waals surface area contributed by atoms with Gasteiger partial charge < -0.3 is 9.80 Å². The van der Waals surface area contributed by atoms with Crippen molar-refractivity contribution in [2.24, 2.45) is 0 Å². The number of nitrogens with zero attached hydrogens (tertiary/aromatic N) is 4. The van der Waals surface area contributed by atoms with Gasteiger partial charge in [0.1, 0.15) is 0 Å². The van der Waals surface area contributed by atoms with Crippen LogP contribution in [0.15, 0.2) is 66.9 Å². The van der Waals surface area contributed by atoms with Crippen LogP contribution in [0.1, 0.15) is 33.3 Å². The molecule has 29 heavy (non-hydrogen) atoms. The summed E-state index contributed by atoms with van der Waals surface area (Å²) in [5.41, 5.74) is 3.18. The number of hydrogen-bond donors (Lipinski definition) is 0. The van der Waals surface area contributed by atoms with E-state index >= 15 is 0 Å². The highest BCUT2D eigenvalue weighted by molar-refractivity contribution is 5.96. The van der Waals surface area contributed by atoms with Gasteiger partial charge in [0.2, 0.25) is 0 Å². The summed E-state index contributed by atoms with van der Waals surface area (Å²) in [5, 5.41) is 4.46. The molecular weight excluding hydrogens is 364 g/mol. The van der Waals surface area contributed by atoms with Gasteiger partial charge in [0.25, 0.3) is 11.8 Å². The SMILES string of the molecule is CCc1c(C(=O)N2CCN(C(=O)c3ccccc3)CC2)cnn1-c1ccccc1. The summed E-state index contributed by atoms with van der Waals surface area (Å²) >= 11 is 0. The molecular formula is C23H24N4O2. The maximum atomic E-state index is 13.1. The Bertz CT molecular complexity index is 990. The zero-order valence-electron chi connectivity index (χ0n) is 16.5. The Balaban J connectivity index is 1.46. The van der Waals surface area contributed by atoms with Crippen LogP contribution < -0.4 is 0 Å². The number of hydrogen-bond acceptors (Lipinski definition) is 3. The minimum atomic E-state index is -0.0177. The van der Waals surface area contributed by atoms with Crippen molar-refractivity contribution >= 4 is 11.8 Å². The van der Waals surface area contributed by atoms with Gasteiger partial charge in [0.05, 0.1) is 23.1 Å². The highest BCUT2D eigenvalue weighted by Crippen LogP contribution is 2.19. The van der Waals surface area contributed by atoms with E-state index in [1.807, 2.05) is 82.1 Å². The molecule has 1 fully saturated rings. The van der Waals surface area contributed by atoms with E-state index in [0.29, 0.717) is 43.7 Å². The first-order chi connectivity index (χ1) is 14.2. The summed E-state index contributed by atoms with van der Waals surface area (Å²) < 4.78 is 1.84. The second-order valence-corrected chi connectivity index (χ2v) is 7.06. The zero-order chi connectivity index (χ0) is 20.2. The van der Waals surface area contributed by atoms with Crippen molar-refractivity contribution in [2.75, 3.05) is 26.2 Å². The number of para-hydroxylation sites is 1. The first-order valence-electron chi connectivity index (χ1n) is 9.95. The molecule has 2 heterocycles. The van der Waals surface area contributed by atoms with E-state index < -0.39 is 0 Å². The molecule has 1 aromatic heterocycles. The molecule has 2 amide bonds. The van der Waals surface area contributed by atoms with Crippen molar-refractivity contribution < 1.29 is 9.59 Å². The normalized spacial score (nSPS) is 14.1. The summed E-state index contributed by atoms with van der Waals surface area (Å²) in [4.78, 5) is 29.4. The van der Waals surface area contributed by atoms with Gasteiger partial charge >= 0.3 is 0 Å². The summed E-state index contributed by atoms with van der Waals surface area (Å²) in [6.07, 6.45) is 2.37. The smallest absolute Gasteiger partial charge is 0.257 e. The van der Waals surface area contributed by atoms with Crippen molar-refractivity contribution in [3.8, 4) is 5.69 Å². The molecule has 6 heteroatoms. The van der Waals surface area contributed by atoms with Gasteiger partial charge in [-0.15, -0.1) is 0 Å². The van der Waals surface area contributed by atoms with Gasteiger partial charge in [-0.25, -0.2) is 4.68 Å². The van der Waals surface area contributed by atoms with Crippen LogP contribution in [0, 0.1) is 0 Å². The molecule has 4 rings (SSSR count). The molecule has 0 radical (unpaired) electrons. The van der Waals surface area contributed by atoms with Crippen molar-refractivity contribution in [2.45, 2.75) is 13.3 Å². The average molecular weight is 388 g/mol. The lowest BCUT2D eigenvalue weighted by molar-refractivity contribution is 0.0535. The minimum absolute atomic E-state index is 0.0174. The largest absolute Gasteiger partial charge is 0.335 e. The first kappa shape index (κ1) is 18.9. The first-order valence-corrected chi connectivity index (χ1v) is 9.95. The molecule has 2 aromatic carbocycles. The maximum Gasteiger partial charge on any atom is 0.257 e. The van der Waals surface area contributed by atoms with Gasteiger partial charge in [0.15, 0.2) is 0 Å². The minimum Gasteiger partial charge on any atom is -0.335 e. The fraction of sp³-hybridized carbons (Fsp3) is 0.261. The molecule has 0 bridgehead atoms. The monoisotopic (exact) mass is 388 g/mol. The fourth-order valence-electron chi connectivity index (χ4n) is 3.73. The number of carbonyl (C=O) groups is 2. The van der Waals surface area contributed by atoms with Crippen LogP contribution in [-0.4, -0.2) is 57.6 Å². The van der Waals surface area contributed by atoms with Gasteiger partial charge in [-0.3, -0.25) is 9.59 Å². The third-order valence-corrected chi connectivity index (χ3v) is 5.31. The van der Waals surface area contributed by atoms with Crippen LogP contribution in [0.4, 0.5) is 0 Å². The lowest BCUT2D eigenvalue weighted by Gasteiger charge is -2.34. The third kappa shape index (κ3) is 3.78. The second kappa shape index (κ2) is 8.31. The van der Waals surface area contributed by atoms with Crippen LogP contribution in [-0.2, 0) is 6.42 Å². The number of rotatable bonds is 4. The molecule has 0 aliphatic carbocycles. The Morgan fingerprint density at radius 1 is 0.828 bits per heavy atom. The summed E-state index contributed by atoms with van der Waals surface area (Å²) in [6, 6.07) is 19.1. The van der Waals surface area contributed by atoms with Gasteiger partial charge in [-0.2, -0.15) is 5.10 Å². The second-order valence-electron chi connectivity index (χ2n) is 7.06. The number of amides is 2. The predicted octanol–water partition coefficient (Wildman–Crippen LogP) is 3.03. The van der Waals surface area contributed by atoms with Gasteiger partial charge in [0, 0.05) is 31.7 Å². The predicted molar refractivity (Wildman–Crippen MR) is 111 cm³/mol. The van der Waals surface area contributed by atoms with Crippen molar-refractivity contribution in [1.82, 2.24) is 19.6 Å². The molecule has 0 unspecified atom stereocenters. The Morgan fingerprint density at radius 2 is 1.38 bits per heavy atom. The quantitative estimate of drug-likeness (QED) is 0.690. The Morgan fingerprint density at radius 3 is 1.97 bits per heavy atom. The maximum absolute atomic E-state index is 13.1. The molecule has 148 valence electrons. The number of aromatic nitrogens is 2. The Kier molecular flexibility index (Phi) is 5.42. The van der Waals surface area contributed by atoms with Gasteiger partial charge in [-0.05, 0) is 30.7 Å². The Hall–Kier alpha value is -3.41. The van der Waals surface area contributed by atoms with E-state index in [4.69, 9.17) is 0 Å².